The molecule has 2 aromatic rings. The Bertz CT molecular complexity index is 622. The third-order valence-electron chi connectivity index (χ3n) is 3.21. The van der Waals surface area contributed by atoms with Gasteiger partial charge in [0, 0.05) is 4.90 Å². The average Bonchev–Trinajstić information content (AvgIpc) is 3.08. The molecule has 0 saturated carbocycles. The van der Waals surface area contributed by atoms with Crippen LogP contribution in [0.1, 0.15) is 28.4 Å². The van der Waals surface area contributed by atoms with Gasteiger partial charge in [-0.1, -0.05) is 12.1 Å². The lowest BCUT2D eigenvalue weighted by Gasteiger charge is -2.18. The van der Waals surface area contributed by atoms with Gasteiger partial charge in [0.1, 0.15) is 6.26 Å². The van der Waals surface area contributed by atoms with Crippen LogP contribution in [0.5, 0.6) is 0 Å². The molecule has 0 spiro atoms. The van der Waals surface area contributed by atoms with Crippen molar-refractivity contribution >= 4 is 23.6 Å². The Kier molecular flexibility index (Phi) is 5.66. The van der Waals surface area contributed by atoms with Crippen molar-refractivity contribution in [3.05, 3.63) is 54.0 Å². The lowest BCUT2D eigenvalue weighted by atomic mass is 10.0. The Morgan fingerprint density at radius 2 is 2.00 bits per heavy atom. The molecular weight excluding hydrogens is 302 g/mol. The summed E-state index contributed by atoms with van der Waals surface area (Å²) < 4.78 is 9.61. The highest BCUT2D eigenvalue weighted by Gasteiger charge is 2.20. The monoisotopic (exact) mass is 319 g/mol. The number of furan rings is 1. The quantitative estimate of drug-likeness (QED) is 0.655. The summed E-state index contributed by atoms with van der Waals surface area (Å²) in [5.74, 6) is -0.678. The number of thioether (sulfide) groups is 1. The van der Waals surface area contributed by atoms with Crippen molar-refractivity contribution in [1.82, 2.24) is 5.32 Å². The number of amides is 1. The van der Waals surface area contributed by atoms with E-state index in [0.29, 0.717) is 5.56 Å². The second kappa shape index (κ2) is 7.70. The highest BCUT2D eigenvalue weighted by atomic mass is 32.2. The third-order valence-corrected chi connectivity index (χ3v) is 3.95. The zero-order chi connectivity index (χ0) is 15.9. The van der Waals surface area contributed by atoms with E-state index in [9.17, 15) is 9.59 Å². The summed E-state index contributed by atoms with van der Waals surface area (Å²) in [6, 6.07) is 8.82. The Morgan fingerprint density at radius 3 is 2.55 bits per heavy atom. The minimum Gasteiger partial charge on any atom is -0.472 e. The first-order valence-electron chi connectivity index (χ1n) is 6.68. The number of hydrogen-bond donors (Lipinski definition) is 1. The number of ether oxygens (including phenoxy) is 1. The second-order valence-corrected chi connectivity index (χ2v) is 5.47. The number of methoxy groups -OCH3 is 1. The van der Waals surface area contributed by atoms with Gasteiger partial charge in [-0.05, 0) is 30.0 Å². The van der Waals surface area contributed by atoms with Gasteiger partial charge in [-0.2, -0.15) is 0 Å². The van der Waals surface area contributed by atoms with Crippen molar-refractivity contribution in [3.63, 3.8) is 0 Å². The van der Waals surface area contributed by atoms with Crippen LogP contribution in [0.25, 0.3) is 0 Å². The summed E-state index contributed by atoms with van der Waals surface area (Å²) in [6.45, 7) is 0. The van der Waals surface area contributed by atoms with Crippen molar-refractivity contribution in [3.8, 4) is 0 Å². The third kappa shape index (κ3) is 4.14. The smallest absolute Gasteiger partial charge is 0.307 e. The Hall–Kier alpha value is -2.21. The second-order valence-electron chi connectivity index (χ2n) is 4.59. The van der Waals surface area contributed by atoms with Crippen molar-refractivity contribution in [2.24, 2.45) is 0 Å². The molecule has 0 radical (unpaired) electrons. The van der Waals surface area contributed by atoms with Crippen LogP contribution in [-0.4, -0.2) is 25.2 Å². The van der Waals surface area contributed by atoms with E-state index < -0.39 is 6.04 Å². The van der Waals surface area contributed by atoms with E-state index >= 15 is 0 Å². The number of rotatable bonds is 6. The van der Waals surface area contributed by atoms with Crippen LogP contribution < -0.4 is 5.32 Å². The first-order valence-corrected chi connectivity index (χ1v) is 7.90. The zero-order valence-electron chi connectivity index (χ0n) is 12.4. The summed E-state index contributed by atoms with van der Waals surface area (Å²) in [6.07, 6.45) is 4.85. The van der Waals surface area contributed by atoms with E-state index in [4.69, 9.17) is 9.15 Å². The molecule has 1 N–H and O–H groups in total. The Labute approximate surface area is 133 Å². The first-order chi connectivity index (χ1) is 10.6. The fourth-order valence-electron chi connectivity index (χ4n) is 1.97. The van der Waals surface area contributed by atoms with Crippen LogP contribution in [0.2, 0.25) is 0 Å². The van der Waals surface area contributed by atoms with Crippen molar-refractivity contribution in [2.45, 2.75) is 17.4 Å². The Morgan fingerprint density at radius 1 is 1.27 bits per heavy atom. The lowest BCUT2D eigenvalue weighted by molar-refractivity contribution is -0.141. The number of carbonyl (C=O) groups is 2. The molecule has 5 nitrogen and oxygen atoms in total. The molecule has 116 valence electrons. The number of nitrogens with one attached hydrogen (secondary N) is 1. The van der Waals surface area contributed by atoms with Gasteiger partial charge in [-0.25, -0.2) is 0 Å². The number of carbonyl (C=O) groups excluding carboxylic acids is 2. The normalized spacial score (nSPS) is 11.7. The predicted molar refractivity (Wildman–Crippen MR) is 83.8 cm³/mol. The summed E-state index contributed by atoms with van der Waals surface area (Å²) in [5, 5.41) is 2.83. The van der Waals surface area contributed by atoms with Crippen LogP contribution in [-0.2, 0) is 9.53 Å². The molecule has 0 aliphatic heterocycles. The molecule has 0 aliphatic carbocycles. The molecule has 1 amide bonds. The largest absolute Gasteiger partial charge is 0.472 e. The summed E-state index contributed by atoms with van der Waals surface area (Å²) in [5.41, 5.74) is 1.26. The van der Waals surface area contributed by atoms with Gasteiger partial charge in [-0.3, -0.25) is 9.59 Å². The van der Waals surface area contributed by atoms with Crippen LogP contribution in [0, 0.1) is 0 Å². The maximum Gasteiger partial charge on any atom is 0.307 e. The van der Waals surface area contributed by atoms with Crippen molar-refractivity contribution < 1.29 is 18.7 Å². The molecule has 1 heterocycles. The van der Waals surface area contributed by atoms with Gasteiger partial charge in [0.2, 0.25) is 0 Å². The SMILES string of the molecule is COC(=O)C[C@H](NC(=O)c1ccoc1)c1ccc(SC)cc1. The summed E-state index contributed by atoms with van der Waals surface area (Å²) in [4.78, 5) is 24.9. The van der Waals surface area contributed by atoms with E-state index in [1.807, 2.05) is 30.5 Å². The average molecular weight is 319 g/mol. The molecule has 0 unspecified atom stereocenters. The van der Waals surface area contributed by atoms with Crippen molar-refractivity contribution in [2.75, 3.05) is 13.4 Å². The lowest BCUT2D eigenvalue weighted by Crippen LogP contribution is -2.30. The molecule has 6 heteroatoms. The van der Waals surface area contributed by atoms with Crippen molar-refractivity contribution in [1.29, 1.82) is 0 Å². The van der Waals surface area contributed by atoms with Crippen LogP contribution in [0.3, 0.4) is 0 Å². The van der Waals surface area contributed by atoms with Gasteiger partial charge in [0.25, 0.3) is 5.91 Å². The first kappa shape index (κ1) is 16.2. The standard InChI is InChI=1S/C16H17NO4S/c1-20-15(18)9-14(11-3-5-13(22-2)6-4-11)17-16(19)12-7-8-21-10-12/h3-8,10,14H,9H2,1-2H3,(H,17,19)/t14-/m0/s1. The van der Waals surface area contributed by atoms with Gasteiger partial charge in [-0.15, -0.1) is 11.8 Å². The fraction of sp³-hybridized carbons (Fsp3) is 0.250. The van der Waals surface area contributed by atoms with Gasteiger partial charge in [0.05, 0.1) is 31.4 Å². The summed E-state index contributed by atoms with van der Waals surface area (Å²) in [7, 11) is 1.33. The molecule has 22 heavy (non-hydrogen) atoms. The maximum absolute atomic E-state index is 12.2. The molecule has 1 atom stereocenters. The van der Waals surface area contributed by atoms with Gasteiger partial charge in [0.15, 0.2) is 0 Å². The molecule has 0 aliphatic rings. The topological polar surface area (TPSA) is 68.5 Å². The number of esters is 1. The molecule has 1 aromatic heterocycles. The number of hydrogen-bond acceptors (Lipinski definition) is 5. The molecular formula is C16H17NO4S. The van der Waals surface area contributed by atoms with E-state index in [-0.39, 0.29) is 18.3 Å². The summed E-state index contributed by atoms with van der Waals surface area (Å²) >= 11 is 1.63. The van der Waals surface area contributed by atoms with Crippen LogP contribution in [0.4, 0.5) is 0 Å². The van der Waals surface area contributed by atoms with Gasteiger partial charge < -0.3 is 14.5 Å². The Balaban J connectivity index is 2.17. The maximum atomic E-state index is 12.2. The molecule has 0 bridgehead atoms. The minimum absolute atomic E-state index is 0.0682. The van der Waals surface area contributed by atoms with Gasteiger partial charge >= 0.3 is 5.97 Å². The highest BCUT2D eigenvalue weighted by Crippen LogP contribution is 2.22. The minimum atomic E-state index is -0.453. The van der Waals surface area contributed by atoms with E-state index in [1.54, 1.807) is 17.8 Å². The van der Waals surface area contributed by atoms with E-state index in [2.05, 4.69) is 5.32 Å². The molecule has 2 rings (SSSR count). The van der Waals surface area contributed by atoms with E-state index in [0.717, 1.165) is 10.5 Å². The highest BCUT2D eigenvalue weighted by molar-refractivity contribution is 7.98. The van der Waals surface area contributed by atoms with Crippen LogP contribution >= 0.6 is 11.8 Å². The molecule has 0 saturated heterocycles. The molecule has 0 fully saturated rings. The zero-order valence-corrected chi connectivity index (χ0v) is 13.2. The predicted octanol–water partition coefficient (Wildman–Crippen LogP) is 3.04. The number of benzene rings is 1. The van der Waals surface area contributed by atoms with Crippen LogP contribution in [0.15, 0.2) is 52.2 Å². The van der Waals surface area contributed by atoms with E-state index in [1.165, 1.54) is 19.6 Å². The molecule has 1 aromatic carbocycles. The fourth-order valence-corrected chi connectivity index (χ4v) is 2.38.